The molecular weight excluding hydrogens is 426 g/mol. The highest BCUT2D eigenvalue weighted by molar-refractivity contribution is 6.31. The maximum atomic E-state index is 13.3. The van der Waals surface area contributed by atoms with Crippen molar-refractivity contribution >= 4 is 17.5 Å². The normalized spacial score (nSPS) is 15.3. The number of aromatic amines is 1. The first-order chi connectivity index (χ1) is 15.5. The molecule has 0 radical (unpaired) electrons. The Hall–Kier alpha value is -2.99. The minimum Gasteiger partial charge on any atom is -0.507 e. The van der Waals surface area contributed by atoms with E-state index in [0.717, 1.165) is 41.7 Å². The molecule has 0 spiro atoms. The van der Waals surface area contributed by atoms with Crippen molar-refractivity contribution in [2.24, 2.45) is 0 Å². The SMILES string of the molecule is CCCCN1C(=O)c2[nH]nc(-c3cc(Cl)c(C)cc3O)c2C1c1cccc(OCCC)c1. The van der Waals surface area contributed by atoms with Crippen molar-refractivity contribution in [3.8, 4) is 22.8 Å². The van der Waals surface area contributed by atoms with Crippen molar-refractivity contribution in [1.29, 1.82) is 0 Å². The van der Waals surface area contributed by atoms with Gasteiger partial charge in [-0.05, 0) is 55.2 Å². The van der Waals surface area contributed by atoms with E-state index < -0.39 is 0 Å². The minimum absolute atomic E-state index is 0.0828. The topological polar surface area (TPSA) is 78.5 Å². The molecule has 2 aromatic carbocycles. The maximum Gasteiger partial charge on any atom is 0.273 e. The molecule has 2 N–H and O–H groups in total. The Morgan fingerprint density at radius 3 is 2.78 bits per heavy atom. The summed E-state index contributed by atoms with van der Waals surface area (Å²) in [7, 11) is 0. The molecule has 1 unspecified atom stereocenters. The Morgan fingerprint density at radius 2 is 2.03 bits per heavy atom. The number of benzene rings is 2. The fourth-order valence-electron chi connectivity index (χ4n) is 4.16. The highest BCUT2D eigenvalue weighted by atomic mass is 35.5. The number of unbranched alkanes of at least 4 members (excludes halogenated alkanes) is 1. The lowest BCUT2D eigenvalue weighted by molar-refractivity contribution is 0.0741. The van der Waals surface area contributed by atoms with Crippen LogP contribution in [0.4, 0.5) is 0 Å². The minimum atomic E-state index is -0.331. The summed E-state index contributed by atoms with van der Waals surface area (Å²) < 4.78 is 5.85. The van der Waals surface area contributed by atoms with Gasteiger partial charge in [0.25, 0.3) is 5.91 Å². The summed E-state index contributed by atoms with van der Waals surface area (Å²) in [6.07, 6.45) is 2.78. The third-order valence-electron chi connectivity index (χ3n) is 5.80. The second kappa shape index (κ2) is 9.25. The molecular formula is C25H28ClN3O3. The molecule has 1 aliphatic rings. The first-order valence-corrected chi connectivity index (χ1v) is 11.5. The van der Waals surface area contributed by atoms with E-state index in [1.165, 1.54) is 0 Å². The molecule has 2 heterocycles. The van der Waals surface area contributed by atoms with Crippen molar-refractivity contribution in [1.82, 2.24) is 15.1 Å². The van der Waals surface area contributed by atoms with Gasteiger partial charge in [-0.1, -0.05) is 44.0 Å². The van der Waals surface area contributed by atoms with Crippen LogP contribution in [0.3, 0.4) is 0 Å². The van der Waals surface area contributed by atoms with E-state index in [0.29, 0.717) is 35.1 Å². The van der Waals surface area contributed by atoms with Crippen molar-refractivity contribution < 1.29 is 14.6 Å². The Bertz CT molecular complexity index is 1140. The fraction of sp³-hybridized carbons (Fsp3) is 0.360. The molecule has 1 atom stereocenters. The molecule has 7 heteroatoms. The number of nitrogens with one attached hydrogen (secondary N) is 1. The van der Waals surface area contributed by atoms with Crippen LogP contribution in [-0.4, -0.2) is 39.3 Å². The third kappa shape index (κ3) is 3.95. The zero-order chi connectivity index (χ0) is 22.8. The van der Waals surface area contributed by atoms with E-state index in [1.807, 2.05) is 36.1 Å². The average Bonchev–Trinajstić information content (AvgIpc) is 3.32. The quantitative estimate of drug-likeness (QED) is 0.446. The van der Waals surface area contributed by atoms with Gasteiger partial charge in [-0.2, -0.15) is 5.10 Å². The number of nitrogens with zero attached hydrogens (tertiary/aromatic N) is 2. The monoisotopic (exact) mass is 453 g/mol. The molecule has 0 aliphatic carbocycles. The van der Waals surface area contributed by atoms with Gasteiger partial charge in [0.2, 0.25) is 0 Å². The Kier molecular flexibility index (Phi) is 6.42. The zero-order valence-electron chi connectivity index (χ0n) is 18.6. The van der Waals surface area contributed by atoms with Gasteiger partial charge in [0, 0.05) is 22.7 Å². The molecule has 32 heavy (non-hydrogen) atoms. The van der Waals surface area contributed by atoms with Crippen LogP contribution in [-0.2, 0) is 0 Å². The molecule has 1 aliphatic heterocycles. The summed E-state index contributed by atoms with van der Waals surface area (Å²) in [5.41, 5.74) is 3.98. The van der Waals surface area contributed by atoms with Crippen LogP contribution < -0.4 is 4.74 Å². The molecule has 0 saturated heterocycles. The number of H-pyrrole nitrogens is 1. The van der Waals surface area contributed by atoms with E-state index in [-0.39, 0.29) is 17.7 Å². The molecule has 4 rings (SSSR count). The van der Waals surface area contributed by atoms with Crippen molar-refractivity contribution in [3.05, 3.63) is 63.8 Å². The molecule has 0 saturated carbocycles. The zero-order valence-corrected chi connectivity index (χ0v) is 19.4. The second-order valence-corrected chi connectivity index (χ2v) is 8.56. The lowest BCUT2D eigenvalue weighted by Crippen LogP contribution is -2.30. The van der Waals surface area contributed by atoms with Gasteiger partial charge in [0.1, 0.15) is 22.9 Å². The van der Waals surface area contributed by atoms with E-state index in [1.54, 1.807) is 12.1 Å². The summed E-state index contributed by atoms with van der Waals surface area (Å²) in [6.45, 7) is 7.26. The average molecular weight is 454 g/mol. The standard InChI is InChI=1S/C25H28ClN3O3/c1-4-6-10-29-24(16-8-7-9-17(13-16)32-11-5-2)21-22(27-28-23(21)25(29)31)18-14-19(26)15(3)12-20(18)30/h7-9,12-14,24,30H,4-6,10-11H2,1-3H3,(H,27,28). The highest BCUT2D eigenvalue weighted by Gasteiger charge is 2.42. The maximum absolute atomic E-state index is 13.3. The highest BCUT2D eigenvalue weighted by Crippen LogP contribution is 2.45. The lowest BCUT2D eigenvalue weighted by atomic mass is 9.95. The van der Waals surface area contributed by atoms with Crippen LogP contribution in [0, 0.1) is 6.92 Å². The van der Waals surface area contributed by atoms with Crippen molar-refractivity contribution in [2.45, 2.75) is 46.1 Å². The van der Waals surface area contributed by atoms with Crippen LogP contribution >= 0.6 is 11.6 Å². The number of aromatic nitrogens is 2. The van der Waals surface area contributed by atoms with E-state index in [4.69, 9.17) is 16.3 Å². The van der Waals surface area contributed by atoms with Gasteiger partial charge in [-0.25, -0.2) is 0 Å². The van der Waals surface area contributed by atoms with Gasteiger partial charge in [-0.15, -0.1) is 0 Å². The van der Waals surface area contributed by atoms with Crippen molar-refractivity contribution in [2.75, 3.05) is 13.2 Å². The molecule has 1 amide bonds. The van der Waals surface area contributed by atoms with E-state index in [2.05, 4.69) is 24.0 Å². The molecule has 3 aromatic rings. The first-order valence-electron chi connectivity index (χ1n) is 11.1. The number of hydrogen-bond donors (Lipinski definition) is 2. The van der Waals surface area contributed by atoms with Gasteiger partial charge >= 0.3 is 0 Å². The molecule has 168 valence electrons. The second-order valence-electron chi connectivity index (χ2n) is 8.16. The number of carbonyl (C=O) groups excluding carboxylic acids is 1. The first kappa shape index (κ1) is 22.2. The number of phenols is 1. The van der Waals surface area contributed by atoms with Gasteiger partial charge in [0.15, 0.2) is 0 Å². The summed E-state index contributed by atoms with van der Waals surface area (Å²) in [5, 5.41) is 18.5. The largest absolute Gasteiger partial charge is 0.507 e. The van der Waals surface area contributed by atoms with Gasteiger partial charge in [-0.3, -0.25) is 9.89 Å². The Labute approximate surface area is 193 Å². The summed E-state index contributed by atoms with van der Waals surface area (Å²) in [4.78, 5) is 15.2. The number of phenolic OH excluding ortho intramolecular Hbond substituents is 1. The van der Waals surface area contributed by atoms with Crippen LogP contribution in [0.15, 0.2) is 36.4 Å². The van der Waals surface area contributed by atoms with Gasteiger partial charge in [0.05, 0.1) is 12.6 Å². The summed E-state index contributed by atoms with van der Waals surface area (Å²) in [6, 6.07) is 10.9. The number of carbonyl (C=O) groups is 1. The van der Waals surface area contributed by atoms with E-state index >= 15 is 0 Å². The molecule has 0 fully saturated rings. The number of aryl methyl sites for hydroxylation is 1. The van der Waals surface area contributed by atoms with Crippen LogP contribution in [0.2, 0.25) is 5.02 Å². The number of rotatable bonds is 8. The number of fused-ring (bicyclic) bond motifs is 1. The molecule has 0 bridgehead atoms. The van der Waals surface area contributed by atoms with Crippen LogP contribution in [0.5, 0.6) is 11.5 Å². The summed E-state index contributed by atoms with van der Waals surface area (Å²) in [5.74, 6) is 0.765. The summed E-state index contributed by atoms with van der Waals surface area (Å²) >= 11 is 6.36. The fourth-order valence-corrected chi connectivity index (χ4v) is 4.32. The third-order valence-corrected chi connectivity index (χ3v) is 6.20. The van der Waals surface area contributed by atoms with E-state index in [9.17, 15) is 9.90 Å². The van der Waals surface area contributed by atoms with Gasteiger partial charge < -0.3 is 14.7 Å². The number of halogens is 1. The number of ether oxygens (including phenoxy) is 1. The predicted molar refractivity (Wildman–Crippen MR) is 125 cm³/mol. The Morgan fingerprint density at radius 1 is 1.22 bits per heavy atom. The molecule has 1 aromatic heterocycles. The van der Waals surface area contributed by atoms with Crippen LogP contribution in [0.1, 0.15) is 66.3 Å². The number of aromatic hydroxyl groups is 1. The molecule has 6 nitrogen and oxygen atoms in total. The smallest absolute Gasteiger partial charge is 0.273 e. The number of amides is 1. The lowest BCUT2D eigenvalue weighted by Gasteiger charge is -2.26. The predicted octanol–water partition coefficient (Wildman–Crippen LogP) is 5.88. The number of hydrogen-bond acceptors (Lipinski definition) is 4. The Balaban J connectivity index is 1.85. The van der Waals surface area contributed by atoms with Crippen molar-refractivity contribution in [3.63, 3.8) is 0 Å². The van der Waals surface area contributed by atoms with Crippen LogP contribution in [0.25, 0.3) is 11.3 Å².